The quantitative estimate of drug-likeness (QED) is 0.483. The number of rotatable bonds is 3. The second-order valence-corrected chi connectivity index (χ2v) is 7.75. The van der Waals surface area contributed by atoms with Crippen LogP contribution in [0.3, 0.4) is 0 Å². The summed E-state index contributed by atoms with van der Waals surface area (Å²) in [7, 11) is 0. The third-order valence-electron chi connectivity index (χ3n) is 4.51. The number of thiophene rings is 1. The van der Waals surface area contributed by atoms with E-state index in [0.29, 0.717) is 37.6 Å². The van der Waals surface area contributed by atoms with Gasteiger partial charge in [-0.1, -0.05) is 35.1 Å². The molecule has 4 rings (SSSR count). The van der Waals surface area contributed by atoms with E-state index in [1.54, 1.807) is 37.3 Å². The number of fused-ring (bicyclic) bond motifs is 1. The summed E-state index contributed by atoms with van der Waals surface area (Å²) in [5.74, 6) is -0.705. The lowest BCUT2D eigenvalue weighted by Gasteiger charge is -2.09. The molecule has 0 bridgehead atoms. The number of aromatic nitrogens is 1. The summed E-state index contributed by atoms with van der Waals surface area (Å²) in [6.45, 7) is 1.59. The van der Waals surface area contributed by atoms with E-state index in [0.717, 1.165) is 11.3 Å². The number of pyridine rings is 1. The van der Waals surface area contributed by atoms with Gasteiger partial charge in [-0.3, -0.25) is 14.2 Å². The van der Waals surface area contributed by atoms with Crippen LogP contribution in [0.4, 0.5) is 9.39 Å². The molecule has 0 amide bonds. The first-order chi connectivity index (χ1) is 13.4. The van der Waals surface area contributed by atoms with Crippen molar-refractivity contribution in [3.63, 3.8) is 0 Å². The number of ketones is 1. The Morgan fingerprint density at radius 1 is 1.14 bits per heavy atom. The maximum atomic E-state index is 13.6. The average molecular weight is 413 g/mol. The predicted molar refractivity (Wildman–Crippen MR) is 111 cm³/mol. The van der Waals surface area contributed by atoms with Crippen molar-refractivity contribution in [3.05, 3.63) is 92.5 Å². The van der Waals surface area contributed by atoms with Crippen LogP contribution in [0.15, 0.2) is 59.4 Å². The smallest absolute Gasteiger partial charge is 0.256 e. The van der Waals surface area contributed by atoms with Crippen molar-refractivity contribution in [3.8, 4) is 5.69 Å². The fraction of sp³-hybridized carbons (Fsp3) is 0.0476. The third kappa shape index (κ3) is 2.91. The van der Waals surface area contributed by atoms with Crippen molar-refractivity contribution < 1.29 is 9.18 Å². The Balaban J connectivity index is 1.97. The van der Waals surface area contributed by atoms with Crippen LogP contribution in [-0.4, -0.2) is 10.4 Å². The number of nitrogens with zero attached hydrogens (tertiary/aromatic N) is 1. The number of hydrogen-bond acceptors (Lipinski definition) is 4. The average Bonchev–Trinajstić information content (AvgIpc) is 3.00. The van der Waals surface area contributed by atoms with Gasteiger partial charge in [-0.2, -0.15) is 0 Å². The summed E-state index contributed by atoms with van der Waals surface area (Å²) < 4.78 is 15.0. The molecule has 0 radical (unpaired) electrons. The molecule has 4 aromatic rings. The molecule has 0 atom stereocenters. The molecule has 0 saturated carbocycles. The molecule has 140 valence electrons. The molecular formula is C21H14ClFN2O2S. The second-order valence-electron chi connectivity index (χ2n) is 6.31. The van der Waals surface area contributed by atoms with Gasteiger partial charge in [-0.25, -0.2) is 4.39 Å². The van der Waals surface area contributed by atoms with Crippen LogP contribution >= 0.6 is 22.9 Å². The Kier molecular flexibility index (Phi) is 4.53. The van der Waals surface area contributed by atoms with Crippen molar-refractivity contribution in [2.75, 3.05) is 5.73 Å². The number of para-hydroxylation sites is 1. The minimum atomic E-state index is -0.382. The molecule has 2 aromatic carbocycles. The van der Waals surface area contributed by atoms with Gasteiger partial charge in [0.05, 0.1) is 21.3 Å². The summed E-state index contributed by atoms with van der Waals surface area (Å²) in [4.78, 5) is 26.2. The normalized spacial score (nSPS) is 11.1. The molecule has 0 spiro atoms. The Labute approximate surface area is 168 Å². The van der Waals surface area contributed by atoms with E-state index < -0.39 is 0 Å². The Morgan fingerprint density at radius 3 is 2.61 bits per heavy atom. The summed E-state index contributed by atoms with van der Waals surface area (Å²) in [6.07, 6.45) is 0. The summed E-state index contributed by atoms with van der Waals surface area (Å²) in [5, 5.41) is 1.24. The molecule has 0 aliphatic heterocycles. The highest BCUT2D eigenvalue weighted by Gasteiger charge is 2.22. The number of halogens is 2. The Hall–Kier alpha value is -2.96. The van der Waals surface area contributed by atoms with Crippen LogP contribution in [0.5, 0.6) is 0 Å². The topological polar surface area (TPSA) is 65.1 Å². The first kappa shape index (κ1) is 18.4. The third-order valence-corrected chi connectivity index (χ3v) is 5.85. The summed E-state index contributed by atoms with van der Waals surface area (Å²) >= 11 is 7.42. The molecule has 4 nitrogen and oxygen atoms in total. The molecular weight excluding hydrogens is 399 g/mol. The lowest BCUT2D eigenvalue weighted by atomic mass is 10.0. The molecule has 2 heterocycles. The molecule has 2 N–H and O–H groups in total. The lowest BCUT2D eigenvalue weighted by Crippen LogP contribution is -2.17. The fourth-order valence-corrected chi connectivity index (χ4v) is 4.42. The molecule has 2 aromatic heterocycles. The van der Waals surface area contributed by atoms with E-state index in [2.05, 4.69) is 0 Å². The van der Waals surface area contributed by atoms with Gasteiger partial charge in [0.25, 0.3) is 5.56 Å². The number of hydrogen-bond donors (Lipinski definition) is 1. The van der Waals surface area contributed by atoms with Crippen molar-refractivity contribution in [1.29, 1.82) is 0 Å². The highest BCUT2D eigenvalue weighted by molar-refractivity contribution is 7.22. The number of benzene rings is 2. The summed E-state index contributed by atoms with van der Waals surface area (Å²) in [5.41, 5.74) is 7.41. The van der Waals surface area contributed by atoms with E-state index in [1.807, 2.05) is 0 Å². The predicted octanol–water partition coefficient (Wildman–Crippen LogP) is 4.97. The van der Waals surface area contributed by atoms with Crippen LogP contribution in [-0.2, 0) is 0 Å². The van der Waals surface area contributed by atoms with Gasteiger partial charge in [-0.05, 0) is 48.9 Å². The molecule has 0 saturated heterocycles. The van der Waals surface area contributed by atoms with Gasteiger partial charge < -0.3 is 5.73 Å². The molecule has 0 aliphatic carbocycles. The van der Waals surface area contributed by atoms with Crippen molar-refractivity contribution in [2.45, 2.75) is 6.92 Å². The highest BCUT2D eigenvalue weighted by atomic mass is 35.5. The van der Waals surface area contributed by atoms with Gasteiger partial charge in [0.15, 0.2) is 5.78 Å². The molecule has 7 heteroatoms. The van der Waals surface area contributed by atoms with Crippen LogP contribution < -0.4 is 11.3 Å². The van der Waals surface area contributed by atoms with E-state index >= 15 is 0 Å². The molecule has 0 fully saturated rings. The van der Waals surface area contributed by atoms with Crippen LogP contribution in [0.25, 0.3) is 15.9 Å². The van der Waals surface area contributed by atoms with Crippen LogP contribution in [0.2, 0.25) is 5.02 Å². The van der Waals surface area contributed by atoms with Crippen molar-refractivity contribution in [1.82, 2.24) is 4.57 Å². The molecule has 0 aliphatic rings. The number of nitrogens with two attached hydrogens (primary N) is 1. The van der Waals surface area contributed by atoms with Gasteiger partial charge in [0.2, 0.25) is 0 Å². The molecule has 0 unspecified atom stereocenters. The van der Waals surface area contributed by atoms with E-state index in [-0.39, 0.29) is 22.2 Å². The van der Waals surface area contributed by atoms with Crippen LogP contribution in [0, 0.1) is 12.7 Å². The zero-order chi connectivity index (χ0) is 20.0. The number of carbonyl (C=O) groups excluding carboxylic acids is 1. The zero-order valence-corrected chi connectivity index (χ0v) is 16.3. The highest BCUT2D eigenvalue weighted by Crippen LogP contribution is 2.36. The van der Waals surface area contributed by atoms with Crippen molar-refractivity contribution >= 4 is 43.9 Å². The largest absolute Gasteiger partial charge is 0.390 e. The van der Waals surface area contributed by atoms with E-state index in [1.165, 1.54) is 28.8 Å². The fourth-order valence-electron chi connectivity index (χ4n) is 3.13. The monoisotopic (exact) mass is 412 g/mol. The van der Waals surface area contributed by atoms with Gasteiger partial charge in [0.1, 0.15) is 10.6 Å². The minimum absolute atomic E-state index is 0.279. The maximum Gasteiger partial charge on any atom is 0.256 e. The number of carbonyl (C=O) groups is 1. The second kappa shape index (κ2) is 6.89. The van der Waals surface area contributed by atoms with E-state index in [9.17, 15) is 14.0 Å². The van der Waals surface area contributed by atoms with Gasteiger partial charge >= 0.3 is 0 Å². The Morgan fingerprint density at radius 2 is 1.89 bits per heavy atom. The first-order valence-corrected chi connectivity index (χ1v) is 9.57. The van der Waals surface area contributed by atoms with Gasteiger partial charge in [-0.15, -0.1) is 0 Å². The summed E-state index contributed by atoms with van der Waals surface area (Å²) in [6, 6.07) is 14.1. The van der Waals surface area contributed by atoms with Crippen LogP contribution in [0.1, 0.15) is 21.5 Å². The van der Waals surface area contributed by atoms with E-state index in [4.69, 9.17) is 17.3 Å². The Bertz CT molecular complexity index is 1310. The zero-order valence-electron chi connectivity index (χ0n) is 14.7. The number of anilines is 1. The maximum absolute atomic E-state index is 13.6. The van der Waals surface area contributed by atoms with Gasteiger partial charge in [0, 0.05) is 17.0 Å². The number of aryl methyl sites for hydroxylation is 1. The molecule has 28 heavy (non-hydrogen) atoms. The minimum Gasteiger partial charge on any atom is -0.390 e. The first-order valence-electron chi connectivity index (χ1n) is 8.38. The van der Waals surface area contributed by atoms with Crippen molar-refractivity contribution in [2.24, 2.45) is 0 Å². The SMILES string of the molecule is Cc1cc(C(=O)c2c(N)sc3c2ccc(=O)n3-c2ccccc2Cl)ccc1F. The lowest BCUT2D eigenvalue weighted by molar-refractivity contribution is 0.104. The standard InChI is InChI=1S/C21H14ClFN2O2S/c1-11-10-12(6-8-15(11)23)19(27)18-13-7-9-17(26)25(21(13)28-20(18)24)16-5-3-2-4-14(16)22/h2-10H,24H2,1H3. The number of nitrogen functional groups attached to an aromatic ring is 1.